The zero-order valence-corrected chi connectivity index (χ0v) is 14.0. The summed E-state index contributed by atoms with van der Waals surface area (Å²) in [7, 11) is 2.22. The molecule has 0 N–H and O–H groups in total. The maximum atomic E-state index is 6.41. The summed E-state index contributed by atoms with van der Waals surface area (Å²) in [5.41, 5.74) is 0.162. The number of hydrogen-bond donors (Lipinski definition) is 0. The molecule has 2 heterocycles. The molecule has 20 heavy (non-hydrogen) atoms. The van der Waals surface area contributed by atoms with Crippen LogP contribution in [0.25, 0.3) is 0 Å². The average Bonchev–Trinajstić information content (AvgIpc) is 2.71. The van der Waals surface area contributed by atoms with Gasteiger partial charge < -0.3 is 9.64 Å². The first-order valence-corrected chi connectivity index (χ1v) is 8.69. The highest BCUT2D eigenvalue weighted by molar-refractivity contribution is 4.95. The molecule has 0 amide bonds. The normalized spacial score (nSPS) is 27.8. The lowest BCUT2D eigenvalue weighted by atomic mass is 9.91. The Hall–Kier alpha value is -0.120. The highest BCUT2D eigenvalue weighted by atomic mass is 16.5. The number of piperidine rings is 1. The number of ether oxygens (including phenoxy) is 1. The molecule has 1 unspecified atom stereocenters. The molecular formula is C17H34N2O. The Labute approximate surface area is 125 Å². The van der Waals surface area contributed by atoms with Crippen molar-refractivity contribution in [2.24, 2.45) is 5.92 Å². The first-order valence-electron chi connectivity index (χ1n) is 8.69. The van der Waals surface area contributed by atoms with Crippen molar-refractivity contribution >= 4 is 0 Å². The van der Waals surface area contributed by atoms with Crippen LogP contribution < -0.4 is 0 Å². The number of likely N-dealkylation sites (tertiary alicyclic amines) is 1. The third-order valence-corrected chi connectivity index (χ3v) is 5.21. The summed E-state index contributed by atoms with van der Waals surface area (Å²) in [5, 5.41) is 0. The standard InChI is InChI=1S/C17H34N2O/c1-5-7-16(8-6-2)13-19-14-17(20-15(19)3)9-11-18(4)12-10-17/h15-16H,5-14H2,1-4H3. The Morgan fingerprint density at radius 3 is 2.30 bits per heavy atom. The van der Waals surface area contributed by atoms with Crippen LogP contribution in [0.5, 0.6) is 0 Å². The van der Waals surface area contributed by atoms with E-state index in [0.29, 0.717) is 6.23 Å². The van der Waals surface area contributed by atoms with Crippen LogP contribution in [0.2, 0.25) is 0 Å². The highest BCUT2D eigenvalue weighted by Gasteiger charge is 2.44. The second-order valence-electron chi connectivity index (χ2n) is 7.08. The second-order valence-corrected chi connectivity index (χ2v) is 7.08. The van der Waals surface area contributed by atoms with Gasteiger partial charge in [-0.05, 0) is 45.6 Å². The van der Waals surface area contributed by atoms with Gasteiger partial charge in [-0.25, -0.2) is 0 Å². The van der Waals surface area contributed by atoms with Crippen LogP contribution >= 0.6 is 0 Å². The van der Waals surface area contributed by atoms with Crippen molar-refractivity contribution in [1.82, 2.24) is 9.80 Å². The molecule has 0 bridgehead atoms. The summed E-state index contributed by atoms with van der Waals surface area (Å²) in [5.74, 6) is 0.859. The van der Waals surface area contributed by atoms with Gasteiger partial charge in [0.1, 0.15) is 6.23 Å². The van der Waals surface area contributed by atoms with Crippen LogP contribution in [-0.4, -0.2) is 54.9 Å². The minimum absolute atomic E-state index is 0.162. The smallest absolute Gasteiger partial charge is 0.108 e. The highest BCUT2D eigenvalue weighted by Crippen LogP contribution is 2.35. The lowest BCUT2D eigenvalue weighted by molar-refractivity contribution is -0.0756. The maximum Gasteiger partial charge on any atom is 0.108 e. The predicted molar refractivity (Wildman–Crippen MR) is 84.9 cm³/mol. The molecule has 0 aromatic carbocycles. The summed E-state index contributed by atoms with van der Waals surface area (Å²) in [6, 6.07) is 0. The van der Waals surface area contributed by atoms with E-state index in [1.54, 1.807) is 0 Å². The van der Waals surface area contributed by atoms with Gasteiger partial charge in [0, 0.05) is 26.2 Å². The van der Waals surface area contributed by atoms with Crippen molar-refractivity contribution in [3.63, 3.8) is 0 Å². The quantitative estimate of drug-likeness (QED) is 0.743. The van der Waals surface area contributed by atoms with Crippen LogP contribution in [0.15, 0.2) is 0 Å². The van der Waals surface area contributed by atoms with E-state index in [1.807, 2.05) is 0 Å². The summed E-state index contributed by atoms with van der Waals surface area (Å²) in [4.78, 5) is 5.04. The fourth-order valence-corrected chi connectivity index (χ4v) is 3.96. The fourth-order valence-electron chi connectivity index (χ4n) is 3.96. The van der Waals surface area contributed by atoms with Crippen molar-refractivity contribution in [2.45, 2.75) is 71.1 Å². The van der Waals surface area contributed by atoms with Crippen LogP contribution in [0.1, 0.15) is 59.3 Å². The summed E-state index contributed by atoms with van der Waals surface area (Å²) < 4.78 is 6.41. The van der Waals surface area contributed by atoms with Crippen molar-refractivity contribution < 1.29 is 4.74 Å². The molecule has 3 nitrogen and oxygen atoms in total. The molecule has 0 saturated carbocycles. The van der Waals surface area contributed by atoms with E-state index in [0.717, 1.165) is 12.5 Å². The fraction of sp³-hybridized carbons (Fsp3) is 1.00. The minimum atomic E-state index is 0.162. The van der Waals surface area contributed by atoms with Crippen LogP contribution in [0.3, 0.4) is 0 Å². The van der Waals surface area contributed by atoms with E-state index in [2.05, 4.69) is 37.6 Å². The van der Waals surface area contributed by atoms with E-state index in [-0.39, 0.29) is 5.60 Å². The van der Waals surface area contributed by atoms with Crippen molar-refractivity contribution in [3.8, 4) is 0 Å². The average molecular weight is 282 g/mol. The Balaban J connectivity index is 1.89. The number of hydrogen-bond acceptors (Lipinski definition) is 3. The van der Waals surface area contributed by atoms with Gasteiger partial charge in [0.2, 0.25) is 0 Å². The van der Waals surface area contributed by atoms with Gasteiger partial charge in [0.25, 0.3) is 0 Å². The first-order chi connectivity index (χ1) is 9.58. The topological polar surface area (TPSA) is 15.7 Å². The minimum Gasteiger partial charge on any atom is -0.356 e. The molecule has 0 radical (unpaired) electrons. The van der Waals surface area contributed by atoms with Gasteiger partial charge >= 0.3 is 0 Å². The van der Waals surface area contributed by atoms with E-state index >= 15 is 0 Å². The van der Waals surface area contributed by atoms with Gasteiger partial charge in [-0.2, -0.15) is 0 Å². The molecule has 0 aliphatic carbocycles. The zero-order valence-electron chi connectivity index (χ0n) is 14.0. The Bertz CT molecular complexity index is 281. The monoisotopic (exact) mass is 282 g/mol. The molecule has 2 saturated heterocycles. The first kappa shape index (κ1) is 16.3. The Morgan fingerprint density at radius 2 is 1.75 bits per heavy atom. The Morgan fingerprint density at radius 1 is 1.15 bits per heavy atom. The summed E-state index contributed by atoms with van der Waals surface area (Å²) in [6.07, 6.45) is 8.08. The molecular weight excluding hydrogens is 248 g/mol. The van der Waals surface area contributed by atoms with E-state index in [1.165, 1.54) is 58.2 Å². The van der Waals surface area contributed by atoms with Crippen molar-refractivity contribution in [2.75, 3.05) is 33.2 Å². The molecule has 118 valence electrons. The van der Waals surface area contributed by atoms with Crippen LogP contribution in [-0.2, 0) is 4.74 Å². The molecule has 0 aromatic heterocycles. The van der Waals surface area contributed by atoms with Gasteiger partial charge in [-0.1, -0.05) is 26.7 Å². The van der Waals surface area contributed by atoms with Crippen LogP contribution in [0, 0.1) is 5.92 Å². The summed E-state index contributed by atoms with van der Waals surface area (Å²) >= 11 is 0. The molecule has 2 fully saturated rings. The van der Waals surface area contributed by atoms with E-state index < -0.39 is 0 Å². The van der Waals surface area contributed by atoms with Gasteiger partial charge in [-0.3, -0.25) is 4.90 Å². The summed E-state index contributed by atoms with van der Waals surface area (Å²) in [6.45, 7) is 11.6. The van der Waals surface area contributed by atoms with Gasteiger partial charge in [0.15, 0.2) is 0 Å². The lowest BCUT2D eigenvalue weighted by Gasteiger charge is -2.36. The van der Waals surface area contributed by atoms with Crippen LogP contribution in [0.4, 0.5) is 0 Å². The van der Waals surface area contributed by atoms with Gasteiger partial charge in [0.05, 0.1) is 5.60 Å². The molecule has 0 aromatic rings. The van der Waals surface area contributed by atoms with Crippen molar-refractivity contribution in [1.29, 1.82) is 0 Å². The Kier molecular flexibility index (Phi) is 5.88. The predicted octanol–water partition coefficient (Wildman–Crippen LogP) is 3.35. The molecule has 1 spiro atoms. The molecule has 2 aliphatic rings. The number of nitrogens with zero attached hydrogens (tertiary/aromatic N) is 2. The third kappa shape index (κ3) is 3.96. The molecule has 1 atom stereocenters. The maximum absolute atomic E-state index is 6.41. The SMILES string of the molecule is CCCC(CCC)CN1CC2(CCN(C)CC2)OC1C. The molecule has 2 aliphatic heterocycles. The molecule has 3 heteroatoms. The van der Waals surface area contributed by atoms with Crippen molar-refractivity contribution in [3.05, 3.63) is 0 Å². The lowest BCUT2D eigenvalue weighted by Crippen LogP contribution is -2.45. The number of rotatable bonds is 6. The largest absolute Gasteiger partial charge is 0.356 e. The second kappa shape index (κ2) is 7.24. The van der Waals surface area contributed by atoms with E-state index in [9.17, 15) is 0 Å². The molecule has 2 rings (SSSR count). The van der Waals surface area contributed by atoms with Gasteiger partial charge in [-0.15, -0.1) is 0 Å². The zero-order chi connectivity index (χ0) is 14.6. The third-order valence-electron chi connectivity index (χ3n) is 5.21. The van der Waals surface area contributed by atoms with E-state index in [4.69, 9.17) is 4.74 Å².